The molecule has 0 aliphatic heterocycles. The number of benzene rings is 1. The molecule has 7 heteroatoms. The van der Waals surface area contributed by atoms with Crippen molar-refractivity contribution in [3.05, 3.63) is 28.0 Å². The molecule has 1 aromatic heterocycles. The summed E-state index contributed by atoms with van der Waals surface area (Å²) in [6.45, 7) is 1.59. The monoisotopic (exact) mass is 324 g/mol. The molecule has 0 amide bonds. The van der Waals surface area contributed by atoms with Gasteiger partial charge in [0, 0.05) is 10.3 Å². The molecule has 0 fully saturated rings. The molecule has 0 spiro atoms. The predicted molar refractivity (Wildman–Crippen MR) is 83.5 cm³/mol. The first-order valence-corrected chi connectivity index (χ1v) is 6.76. The molecule has 0 radical (unpaired) electrons. The number of ether oxygens (including phenoxy) is 1. The van der Waals surface area contributed by atoms with Gasteiger partial charge in [-0.2, -0.15) is 0 Å². The first-order valence-electron chi connectivity index (χ1n) is 5.94. The third-order valence-electron chi connectivity index (χ3n) is 2.99. The SMILES string of the molecule is COC(=O)Cc1cc(=S)oc2c(C(C)=S)c(O)c(O)cc12. The van der Waals surface area contributed by atoms with Crippen LogP contribution in [0.2, 0.25) is 0 Å². The summed E-state index contributed by atoms with van der Waals surface area (Å²) >= 11 is 10.1. The Labute approximate surface area is 130 Å². The summed E-state index contributed by atoms with van der Waals surface area (Å²) in [5.41, 5.74) is 0.961. The van der Waals surface area contributed by atoms with Crippen LogP contribution in [0.15, 0.2) is 16.5 Å². The maximum atomic E-state index is 11.5. The fourth-order valence-electron chi connectivity index (χ4n) is 2.04. The van der Waals surface area contributed by atoms with E-state index >= 15 is 0 Å². The molecular formula is C14H12O5S2. The average molecular weight is 324 g/mol. The Morgan fingerprint density at radius 2 is 2.05 bits per heavy atom. The highest BCUT2D eigenvalue weighted by Gasteiger charge is 2.19. The lowest BCUT2D eigenvalue weighted by Gasteiger charge is -2.11. The maximum absolute atomic E-state index is 11.5. The van der Waals surface area contributed by atoms with Crippen LogP contribution in [0.5, 0.6) is 11.5 Å². The van der Waals surface area contributed by atoms with Crippen molar-refractivity contribution in [1.82, 2.24) is 0 Å². The van der Waals surface area contributed by atoms with Crippen molar-refractivity contribution >= 4 is 46.2 Å². The van der Waals surface area contributed by atoms with Gasteiger partial charge in [-0.3, -0.25) is 4.79 Å². The summed E-state index contributed by atoms with van der Waals surface area (Å²) in [6.07, 6.45) is -0.0346. The van der Waals surface area contributed by atoms with Gasteiger partial charge in [0.15, 0.2) is 16.2 Å². The third kappa shape index (κ3) is 2.88. The maximum Gasteiger partial charge on any atom is 0.310 e. The first kappa shape index (κ1) is 15.4. The summed E-state index contributed by atoms with van der Waals surface area (Å²) in [5, 5.41) is 20.2. The molecule has 1 aromatic carbocycles. The van der Waals surface area contributed by atoms with E-state index in [2.05, 4.69) is 4.74 Å². The molecule has 110 valence electrons. The van der Waals surface area contributed by atoms with E-state index in [1.807, 2.05) is 0 Å². The summed E-state index contributed by atoms with van der Waals surface area (Å²) in [6, 6.07) is 2.82. The van der Waals surface area contributed by atoms with Crippen molar-refractivity contribution in [2.45, 2.75) is 13.3 Å². The topological polar surface area (TPSA) is 79.9 Å². The molecule has 0 atom stereocenters. The van der Waals surface area contributed by atoms with Gasteiger partial charge in [-0.05, 0) is 36.8 Å². The number of methoxy groups -OCH3 is 1. The molecule has 0 aliphatic rings. The highest BCUT2D eigenvalue weighted by Crippen LogP contribution is 2.38. The van der Waals surface area contributed by atoms with E-state index in [0.717, 1.165) is 0 Å². The van der Waals surface area contributed by atoms with Gasteiger partial charge in [0.2, 0.25) is 0 Å². The molecule has 0 bridgehead atoms. The van der Waals surface area contributed by atoms with Crippen molar-refractivity contribution in [3.8, 4) is 11.5 Å². The molecule has 5 nitrogen and oxygen atoms in total. The zero-order chi connectivity index (χ0) is 15.7. The molecule has 2 aromatic rings. The van der Waals surface area contributed by atoms with Gasteiger partial charge in [-0.25, -0.2) is 0 Å². The Balaban J connectivity index is 2.87. The van der Waals surface area contributed by atoms with Crippen LogP contribution in [-0.4, -0.2) is 28.2 Å². The van der Waals surface area contributed by atoms with Gasteiger partial charge in [0.25, 0.3) is 0 Å². The van der Waals surface area contributed by atoms with E-state index in [1.165, 1.54) is 19.2 Å². The zero-order valence-corrected chi connectivity index (χ0v) is 12.9. The van der Waals surface area contributed by atoms with Crippen molar-refractivity contribution in [1.29, 1.82) is 0 Å². The number of carbonyl (C=O) groups excluding carboxylic acids is 1. The number of esters is 1. The second-order valence-electron chi connectivity index (χ2n) is 4.40. The first-order chi connectivity index (χ1) is 9.85. The van der Waals surface area contributed by atoms with E-state index in [-0.39, 0.29) is 33.8 Å². The van der Waals surface area contributed by atoms with Crippen molar-refractivity contribution in [2.24, 2.45) is 0 Å². The van der Waals surface area contributed by atoms with Crippen molar-refractivity contribution in [2.75, 3.05) is 7.11 Å². The number of fused-ring (bicyclic) bond motifs is 1. The molecule has 2 rings (SSSR count). The van der Waals surface area contributed by atoms with Crippen LogP contribution in [0.4, 0.5) is 0 Å². The van der Waals surface area contributed by atoms with Crippen LogP contribution in [0.1, 0.15) is 18.1 Å². The van der Waals surface area contributed by atoms with Gasteiger partial charge in [-0.15, -0.1) is 0 Å². The molecule has 0 unspecified atom stereocenters. The summed E-state index contributed by atoms with van der Waals surface area (Å²) in [4.78, 5) is 11.8. The molecule has 0 saturated carbocycles. The molecule has 1 heterocycles. The molecule has 0 aliphatic carbocycles. The van der Waals surface area contributed by atoms with Crippen molar-refractivity contribution in [3.63, 3.8) is 0 Å². The second kappa shape index (κ2) is 5.79. The second-order valence-corrected chi connectivity index (χ2v) is 5.41. The number of phenols is 2. The Bertz CT molecular complexity index is 807. The quantitative estimate of drug-likeness (QED) is 0.389. The van der Waals surface area contributed by atoms with E-state index in [9.17, 15) is 15.0 Å². The highest BCUT2D eigenvalue weighted by molar-refractivity contribution is 7.80. The van der Waals surface area contributed by atoms with Crippen LogP contribution >= 0.6 is 24.4 Å². The number of thiocarbonyl (C=S) groups is 1. The lowest BCUT2D eigenvalue weighted by molar-refractivity contribution is -0.139. The van der Waals surface area contributed by atoms with E-state index in [1.54, 1.807) is 6.92 Å². The van der Waals surface area contributed by atoms with E-state index in [0.29, 0.717) is 15.8 Å². The van der Waals surface area contributed by atoms with Gasteiger partial charge in [0.05, 0.1) is 19.1 Å². The van der Waals surface area contributed by atoms with Gasteiger partial charge in [0.1, 0.15) is 5.58 Å². The Hall–Kier alpha value is -1.99. The smallest absolute Gasteiger partial charge is 0.310 e. The molecule has 0 saturated heterocycles. The summed E-state index contributed by atoms with van der Waals surface area (Å²) < 4.78 is 10.2. The number of phenolic OH excluding ortho intramolecular Hbond substituents is 2. The van der Waals surface area contributed by atoms with Crippen LogP contribution in [0, 0.1) is 4.71 Å². The Morgan fingerprint density at radius 1 is 1.38 bits per heavy atom. The zero-order valence-electron chi connectivity index (χ0n) is 11.3. The fraction of sp³-hybridized carbons (Fsp3) is 0.214. The van der Waals surface area contributed by atoms with Gasteiger partial charge >= 0.3 is 5.97 Å². The number of hydrogen-bond acceptors (Lipinski definition) is 7. The summed E-state index contributed by atoms with van der Waals surface area (Å²) in [7, 11) is 1.28. The number of rotatable bonds is 3. The lowest BCUT2D eigenvalue weighted by Crippen LogP contribution is -2.05. The van der Waals surface area contributed by atoms with E-state index < -0.39 is 5.97 Å². The van der Waals surface area contributed by atoms with Gasteiger partial charge < -0.3 is 19.4 Å². The largest absolute Gasteiger partial charge is 0.504 e. The highest BCUT2D eigenvalue weighted by atomic mass is 32.1. The van der Waals surface area contributed by atoms with E-state index in [4.69, 9.17) is 28.9 Å². The Morgan fingerprint density at radius 3 is 2.62 bits per heavy atom. The van der Waals surface area contributed by atoms with Crippen molar-refractivity contribution < 1.29 is 24.2 Å². The minimum atomic E-state index is -0.454. The number of hydrogen-bond donors (Lipinski definition) is 2. The minimum Gasteiger partial charge on any atom is -0.504 e. The average Bonchev–Trinajstić information content (AvgIpc) is 2.40. The van der Waals surface area contributed by atoms with Crippen LogP contribution in [0.3, 0.4) is 0 Å². The molecular weight excluding hydrogens is 312 g/mol. The Kier molecular flexibility index (Phi) is 4.24. The standard InChI is InChI=1S/C14H12O5S2/c1-6(20)12-13(17)9(15)5-8-7(3-10(16)18-2)4-11(21)19-14(8)12/h4-5,15,17H,3H2,1-2H3. The van der Waals surface area contributed by atoms with Gasteiger partial charge in [-0.1, -0.05) is 12.2 Å². The molecule has 21 heavy (non-hydrogen) atoms. The lowest BCUT2D eigenvalue weighted by atomic mass is 10.0. The summed E-state index contributed by atoms with van der Waals surface area (Å²) in [5.74, 6) is -1.17. The van der Waals surface area contributed by atoms with Crippen LogP contribution in [-0.2, 0) is 16.0 Å². The minimum absolute atomic E-state index is 0.0346. The normalized spacial score (nSPS) is 10.6. The third-order valence-corrected chi connectivity index (χ3v) is 3.39. The number of aromatic hydroxyl groups is 2. The molecule has 2 N–H and O–H groups in total. The van der Waals surface area contributed by atoms with Crippen LogP contribution in [0.25, 0.3) is 11.0 Å². The van der Waals surface area contributed by atoms with Crippen LogP contribution < -0.4 is 0 Å². The number of carbonyl (C=O) groups is 1. The predicted octanol–water partition coefficient (Wildman–Crippen LogP) is 3.03. The fourth-order valence-corrected chi connectivity index (χ4v) is 2.45.